The number of aliphatic carboxylic acids is 1. The first-order valence-electron chi connectivity index (χ1n) is 8.10. The summed E-state index contributed by atoms with van der Waals surface area (Å²) in [6, 6.07) is 0.946. The summed E-state index contributed by atoms with van der Waals surface area (Å²) in [7, 11) is 1.73. The number of carbonyl (C=O) groups is 3. The molecule has 1 aromatic heterocycles. The van der Waals surface area contributed by atoms with E-state index in [-0.39, 0.29) is 17.2 Å². The summed E-state index contributed by atoms with van der Waals surface area (Å²) >= 11 is 0. The number of aryl methyl sites for hydroxylation is 1. The van der Waals surface area contributed by atoms with Crippen LogP contribution < -0.4 is 0 Å². The molecule has 8 nitrogen and oxygen atoms in total. The lowest BCUT2D eigenvalue weighted by Crippen LogP contribution is -2.45. The van der Waals surface area contributed by atoms with Crippen LogP contribution >= 0.6 is 0 Å². The third-order valence-electron chi connectivity index (χ3n) is 5.35. The van der Waals surface area contributed by atoms with Crippen LogP contribution in [-0.4, -0.2) is 68.1 Å². The predicted molar refractivity (Wildman–Crippen MR) is 84.2 cm³/mol. The van der Waals surface area contributed by atoms with Gasteiger partial charge in [0.1, 0.15) is 11.7 Å². The SMILES string of the molecule is CC(=O)N1CC2(CCN(C(=O)c3ccnn3C)CC2)CC1C(=O)O. The summed E-state index contributed by atoms with van der Waals surface area (Å²) in [5.41, 5.74) is 0.351. The molecule has 1 atom stereocenters. The number of likely N-dealkylation sites (tertiary alicyclic amines) is 2. The van der Waals surface area contributed by atoms with Crippen molar-refractivity contribution in [2.24, 2.45) is 12.5 Å². The predicted octanol–water partition coefficient (Wildman–Crippen LogP) is 0.348. The van der Waals surface area contributed by atoms with Crippen LogP contribution in [0.25, 0.3) is 0 Å². The Morgan fingerprint density at radius 1 is 1.29 bits per heavy atom. The molecule has 1 aromatic rings. The third-order valence-corrected chi connectivity index (χ3v) is 5.35. The van der Waals surface area contributed by atoms with Crippen molar-refractivity contribution in [1.82, 2.24) is 19.6 Å². The molecule has 3 rings (SSSR count). The molecule has 24 heavy (non-hydrogen) atoms. The summed E-state index contributed by atoms with van der Waals surface area (Å²) in [4.78, 5) is 39.0. The Morgan fingerprint density at radius 3 is 2.42 bits per heavy atom. The molecule has 1 N–H and O–H groups in total. The molecule has 0 saturated carbocycles. The Labute approximate surface area is 140 Å². The lowest BCUT2D eigenvalue weighted by molar-refractivity contribution is -0.147. The van der Waals surface area contributed by atoms with E-state index in [0.717, 1.165) is 0 Å². The molecule has 0 bridgehead atoms. The number of hydrogen-bond acceptors (Lipinski definition) is 4. The summed E-state index contributed by atoms with van der Waals surface area (Å²) in [5.74, 6) is -1.20. The fourth-order valence-electron chi connectivity index (χ4n) is 3.90. The number of nitrogens with zero attached hydrogens (tertiary/aromatic N) is 4. The Hall–Kier alpha value is -2.38. The van der Waals surface area contributed by atoms with Crippen LogP contribution in [0.15, 0.2) is 12.3 Å². The van der Waals surface area contributed by atoms with Crippen LogP contribution in [0.4, 0.5) is 0 Å². The van der Waals surface area contributed by atoms with Crippen LogP contribution in [0.3, 0.4) is 0 Å². The molecule has 2 aliphatic rings. The molecule has 0 aromatic carbocycles. The maximum atomic E-state index is 12.5. The van der Waals surface area contributed by atoms with Crippen molar-refractivity contribution in [3.63, 3.8) is 0 Å². The maximum Gasteiger partial charge on any atom is 0.326 e. The van der Waals surface area contributed by atoms with Crippen LogP contribution in [0, 0.1) is 5.41 Å². The Bertz CT molecular complexity index is 651. The molecule has 0 radical (unpaired) electrons. The molecule has 2 amide bonds. The van der Waals surface area contributed by atoms with Gasteiger partial charge in [0.15, 0.2) is 0 Å². The van der Waals surface area contributed by atoms with Crippen LogP contribution in [-0.2, 0) is 16.6 Å². The average molecular weight is 334 g/mol. The van der Waals surface area contributed by atoms with E-state index in [1.165, 1.54) is 11.8 Å². The molecule has 1 unspecified atom stereocenters. The number of aromatic nitrogens is 2. The van der Waals surface area contributed by atoms with Crippen molar-refractivity contribution in [3.8, 4) is 0 Å². The summed E-state index contributed by atoms with van der Waals surface area (Å²) in [5, 5.41) is 13.4. The van der Waals surface area contributed by atoms with E-state index in [0.29, 0.717) is 44.6 Å². The van der Waals surface area contributed by atoms with Crippen molar-refractivity contribution in [3.05, 3.63) is 18.0 Å². The van der Waals surface area contributed by atoms with E-state index in [9.17, 15) is 19.5 Å². The molecular formula is C16H22N4O4. The van der Waals surface area contributed by atoms with Gasteiger partial charge >= 0.3 is 5.97 Å². The van der Waals surface area contributed by atoms with Gasteiger partial charge in [0, 0.05) is 39.8 Å². The van der Waals surface area contributed by atoms with Crippen molar-refractivity contribution in [2.75, 3.05) is 19.6 Å². The minimum atomic E-state index is -0.949. The molecule has 2 aliphatic heterocycles. The quantitative estimate of drug-likeness (QED) is 0.842. The monoisotopic (exact) mass is 334 g/mol. The fourth-order valence-corrected chi connectivity index (χ4v) is 3.90. The molecule has 1 spiro atoms. The second-order valence-electron chi connectivity index (χ2n) is 6.84. The van der Waals surface area contributed by atoms with Crippen molar-refractivity contribution >= 4 is 17.8 Å². The zero-order valence-electron chi connectivity index (χ0n) is 13.9. The van der Waals surface area contributed by atoms with Gasteiger partial charge in [-0.2, -0.15) is 5.10 Å². The third kappa shape index (κ3) is 2.76. The largest absolute Gasteiger partial charge is 0.480 e. The normalized spacial score (nSPS) is 22.8. The van der Waals surface area contributed by atoms with Crippen LogP contribution in [0.1, 0.15) is 36.7 Å². The van der Waals surface area contributed by atoms with Gasteiger partial charge in [-0.25, -0.2) is 4.79 Å². The molecular weight excluding hydrogens is 312 g/mol. The number of amides is 2. The zero-order chi connectivity index (χ0) is 17.5. The number of rotatable bonds is 2. The van der Waals surface area contributed by atoms with Crippen molar-refractivity contribution in [2.45, 2.75) is 32.2 Å². The first-order chi connectivity index (χ1) is 11.3. The lowest BCUT2D eigenvalue weighted by atomic mass is 9.76. The minimum Gasteiger partial charge on any atom is -0.480 e. The van der Waals surface area contributed by atoms with Crippen molar-refractivity contribution in [1.29, 1.82) is 0 Å². The zero-order valence-corrected chi connectivity index (χ0v) is 13.9. The van der Waals surface area contributed by atoms with Gasteiger partial charge in [0.05, 0.1) is 0 Å². The number of hydrogen-bond donors (Lipinski definition) is 1. The van der Waals surface area contributed by atoms with Gasteiger partial charge in [-0.15, -0.1) is 0 Å². The molecule has 8 heteroatoms. The second kappa shape index (κ2) is 5.92. The number of piperidine rings is 1. The first kappa shape index (κ1) is 16.5. The van der Waals surface area contributed by atoms with Crippen LogP contribution in [0.2, 0.25) is 0 Å². The smallest absolute Gasteiger partial charge is 0.326 e. The average Bonchev–Trinajstić information content (AvgIpc) is 3.12. The lowest BCUT2D eigenvalue weighted by Gasteiger charge is -2.39. The molecule has 2 saturated heterocycles. The minimum absolute atomic E-state index is 0.0546. The Kier molecular flexibility index (Phi) is 4.06. The standard InChI is InChI=1S/C16H22N4O4/c1-11(21)20-10-16(9-13(20)15(23)24)4-7-19(8-5-16)14(22)12-3-6-17-18(12)2/h3,6,13H,4-5,7-10H2,1-2H3,(H,23,24). The number of carboxylic acid groups (broad SMARTS) is 1. The van der Waals surface area contributed by atoms with Crippen molar-refractivity contribution < 1.29 is 19.5 Å². The van der Waals surface area contributed by atoms with Gasteiger partial charge in [0.25, 0.3) is 5.91 Å². The molecule has 0 aliphatic carbocycles. The highest BCUT2D eigenvalue weighted by Gasteiger charge is 2.49. The molecule has 130 valence electrons. The number of carboxylic acids is 1. The summed E-state index contributed by atoms with van der Waals surface area (Å²) < 4.78 is 1.56. The van der Waals surface area contributed by atoms with Gasteiger partial charge in [-0.1, -0.05) is 0 Å². The molecule has 3 heterocycles. The highest BCUT2D eigenvalue weighted by molar-refractivity contribution is 5.92. The van der Waals surface area contributed by atoms with E-state index in [1.54, 1.807) is 28.9 Å². The highest BCUT2D eigenvalue weighted by Crippen LogP contribution is 2.43. The Balaban J connectivity index is 1.69. The van der Waals surface area contributed by atoms with Crippen LogP contribution in [0.5, 0.6) is 0 Å². The molecule has 2 fully saturated rings. The van der Waals surface area contributed by atoms with Gasteiger partial charge in [-0.3, -0.25) is 14.3 Å². The van der Waals surface area contributed by atoms with E-state index in [2.05, 4.69) is 5.10 Å². The maximum absolute atomic E-state index is 12.5. The summed E-state index contributed by atoms with van der Waals surface area (Å²) in [6.45, 7) is 3.02. The van der Waals surface area contributed by atoms with Gasteiger partial charge in [-0.05, 0) is 30.7 Å². The highest BCUT2D eigenvalue weighted by atomic mass is 16.4. The van der Waals surface area contributed by atoms with Gasteiger partial charge in [0.2, 0.25) is 5.91 Å². The fraction of sp³-hybridized carbons (Fsp3) is 0.625. The Morgan fingerprint density at radius 2 is 1.96 bits per heavy atom. The summed E-state index contributed by atoms with van der Waals surface area (Å²) in [6.07, 6.45) is 3.49. The van der Waals surface area contributed by atoms with E-state index >= 15 is 0 Å². The van der Waals surface area contributed by atoms with Gasteiger partial charge < -0.3 is 14.9 Å². The van der Waals surface area contributed by atoms with E-state index < -0.39 is 12.0 Å². The second-order valence-corrected chi connectivity index (χ2v) is 6.84. The first-order valence-corrected chi connectivity index (χ1v) is 8.10. The van der Waals surface area contributed by atoms with E-state index in [4.69, 9.17) is 0 Å². The number of carbonyl (C=O) groups excluding carboxylic acids is 2. The van der Waals surface area contributed by atoms with E-state index in [1.807, 2.05) is 0 Å². The topological polar surface area (TPSA) is 95.7 Å².